The van der Waals surface area contributed by atoms with Crippen LogP contribution in [0.2, 0.25) is 5.15 Å². The van der Waals surface area contributed by atoms with Gasteiger partial charge in [0.2, 0.25) is 5.95 Å². The lowest BCUT2D eigenvalue weighted by Gasteiger charge is -2.06. The van der Waals surface area contributed by atoms with Crippen LogP contribution in [0.5, 0.6) is 0 Å². The average Bonchev–Trinajstić information content (AvgIpc) is 2.96. The zero-order valence-electron chi connectivity index (χ0n) is 10.9. The molecule has 0 amide bonds. The molecule has 0 saturated heterocycles. The van der Waals surface area contributed by atoms with E-state index in [1.54, 1.807) is 0 Å². The van der Waals surface area contributed by atoms with Gasteiger partial charge in [-0.1, -0.05) is 16.8 Å². The fourth-order valence-corrected chi connectivity index (χ4v) is 3.37. The molecule has 0 spiro atoms. The average molecular weight is 329 g/mol. The molecule has 3 heterocycles. The molecular formula is C10H9ClN6O3S. The SMILES string of the molecule is Cc1noc(C)c1S(=O)(=O)Nc1nc(Cl)c2[nH]cnc2n1. The number of hydrogen-bond donors (Lipinski definition) is 2. The third-order valence-electron chi connectivity index (χ3n) is 2.70. The van der Waals surface area contributed by atoms with Gasteiger partial charge in [0.15, 0.2) is 21.5 Å². The summed E-state index contributed by atoms with van der Waals surface area (Å²) in [5, 5.41) is 3.67. The molecule has 110 valence electrons. The second kappa shape index (κ2) is 4.67. The summed E-state index contributed by atoms with van der Waals surface area (Å²) in [5.74, 6) is -0.00783. The number of aromatic amines is 1. The Labute approximate surface area is 123 Å². The molecule has 0 aliphatic carbocycles. The number of H-pyrrole nitrogens is 1. The smallest absolute Gasteiger partial charge is 0.269 e. The van der Waals surface area contributed by atoms with Crippen LogP contribution in [0, 0.1) is 13.8 Å². The van der Waals surface area contributed by atoms with E-state index < -0.39 is 10.0 Å². The lowest BCUT2D eigenvalue weighted by atomic mass is 10.4. The zero-order chi connectivity index (χ0) is 15.2. The van der Waals surface area contributed by atoms with Gasteiger partial charge in [-0.15, -0.1) is 0 Å². The number of hydrogen-bond acceptors (Lipinski definition) is 7. The Balaban J connectivity index is 2.05. The maximum Gasteiger partial charge on any atom is 0.269 e. The molecule has 0 aliphatic rings. The minimum absolute atomic E-state index is 0.0515. The second-order valence-electron chi connectivity index (χ2n) is 4.20. The fourth-order valence-electron chi connectivity index (χ4n) is 1.87. The standard InChI is InChI=1S/C10H9ClN6O3S/c1-4-7(5(2)20-16-4)21(18,19)17-10-14-8(11)6-9(15-10)13-3-12-6/h3H,1-2H3,(H2,12,13,14,15,17). The van der Waals surface area contributed by atoms with Crippen molar-refractivity contribution >= 4 is 38.7 Å². The summed E-state index contributed by atoms with van der Waals surface area (Å²) >= 11 is 5.93. The normalized spacial score (nSPS) is 12.0. The van der Waals surface area contributed by atoms with Crippen molar-refractivity contribution in [3.8, 4) is 0 Å². The van der Waals surface area contributed by atoms with Crippen molar-refractivity contribution < 1.29 is 12.9 Å². The number of halogens is 1. The molecule has 3 aromatic heterocycles. The summed E-state index contributed by atoms with van der Waals surface area (Å²) < 4.78 is 31.7. The van der Waals surface area contributed by atoms with Gasteiger partial charge < -0.3 is 9.51 Å². The third-order valence-corrected chi connectivity index (χ3v) is 4.55. The Morgan fingerprint density at radius 3 is 2.76 bits per heavy atom. The highest BCUT2D eigenvalue weighted by molar-refractivity contribution is 7.92. The van der Waals surface area contributed by atoms with Crippen molar-refractivity contribution in [1.29, 1.82) is 0 Å². The number of aromatic nitrogens is 5. The van der Waals surface area contributed by atoms with E-state index in [9.17, 15) is 8.42 Å². The molecule has 2 N–H and O–H groups in total. The third kappa shape index (κ3) is 2.32. The first-order valence-corrected chi connectivity index (χ1v) is 7.57. The van der Waals surface area contributed by atoms with E-state index in [2.05, 4.69) is 29.8 Å². The molecule has 0 fully saturated rings. The first-order chi connectivity index (χ1) is 9.88. The maximum absolute atomic E-state index is 12.3. The minimum Gasteiger partial charge on any atom is -0.360 e. The lowest BCUT2D eigenvalue weighted by molar-refractivity contribution is 0.390. The summed E-state index contributed by atoms with van der Waals surface area (Å²) in [6, 6.07) is 0. The van der Waals surface area contributed by atoms with Crippen LogP contribution in [0.4, 0.5) is 5.95 Å². The Kier molecular flexibility index (Phi) is 3.06. The molecule has 3 aromatic rings. The summed E-state index contributed by atoms with van der Waals surface area (Å²) in [7, 11) is -3.93. The molecule has 0 radical (unpaired) electrons. The van der Waals surface area contributed by atoms with Crippen molar-refractivity contribution in [2.75, 3.05) is 4.72 Å². The molecule has 0 aliphatic heterocycles. The van der Waals surface area contributed by atoms with Crippen molar-refractivity contribution in [3.05, 3.63) is 22.9 Å². The van der Waals surface area contributed by atoms with Crippen LogP contribution >= 0.6 is 11.6 Å². The van der Waals surface area contributed by atoms with E-state index in [0.717, 1.165) is 0 Å². The van der Waals surface area contributed by atoms with Gasteiger partial charge in [0.05, 0.1) is 6.33 Å². The number of sulfonamides is 1. The van der Waals surface area contributed by atoms with Crippen molar-refractivity contribution in [2.45, 2.75) is 18.7 Å². The molecule has 21 heavy (non-hydrogen) atoms. The predicted octanol–water partition coefficient (Wildman–Crippen LogP) is 1.41. The molecule has 0 atom stereocenters. The Bertz CT molecular complexity index is 912. The van der Waals surface area contributed by atoms with Gasteiger partial charge in [-0.05, 0) is 13.8 Å². The van der Waals surface area contributed by atoms with E-state index in [-0.39, 0.29) is 33.1 Å². The number of nitrogens with zero attached hydrogens (tertiary/aromatic N) is 4. The van der Waals surface area contributed by atoms with E-state index in [4.69, 9.17) is 16.1 Å². The van der Waals surface area contributed by atoms with E-state index >= 15 is 0 Å². The quantitative estimate of drug-likeness (QED) is 0.696. The number of imidazole rings is 1. The second-order valence-corrected chi connectivity index (χ2v) is 6.18. The first kappa shape index (κ1) is 13.8. The van der Waals surface area contributed by atoms with E-state index in [1.165, 1.54) is 20.2 Å². The molecule has 0 unspecified atom stereocenters. The minimum atomic E-state index is -3.93. The summed E-state index contributed by atoms with van der Waals surface area (Å²) in [4.78, 5) is 14.5. The van der Waals surface area contributed by atoms with Gasteiger partial charge in [-0.3, -0.25) is 0 Å². The highest BCUT2D eigenvalue weighted by atomic mass is 35.5. The fraction of sp³-hybridized carbons (Fsp3) is 0.200. The summed E-state index contributed by atoms with van der Waals surface area (Å²) in [6.07, 6.45) is 1.39. The Hall–Kier alpha value is -2.20. The molecule has 11 heteroatoms. The van der Waals surface area contributed by atoms with Gasteiger partial charge in [-0.2, -0.15) is 9.97 Å². The largest absolute Gasteiger partial charge is 0.360 e. The summed E-state index contributed by atoms with van der Waals surface area (Å²) in [6.45, 7) is 3.02. The summed E-state index contributed by atoms with van der Waals surface area (Å²) in [5.41, 5.74) is 0.926. The van der Waals surface area contributed by atoms with Gasteiger partial charge in [0.25, 0.3) is 10.0 Å². The van der Waals surface area contributed by atoms with Crippen LogP contribution in [0.3, 0.4) is 0 Å². The molecular weight excluding hydrogens is 320 g/mol. The molecule has 3 rings (SSSR count). The number of anilines is 1. The van der Waals surface area contributed by atoms with Crippen LogP contribution in [-0.2, 0) is 10.0 Å². The predicted molar refractivity (Wildman–Crippen MR) is 73.5 cm³/mol. The number of fused-ring (bicyclic) bond motifs is 1. The van der Waals surface area contributed by atoms with Crippen LogP contribution in [0.25, 0.3) is 11.2 Å². The van der Waals surface area contributed by atoms with Gasteiger partial charge >= 0.3 is 0 Å². The lowest BCUT2D eigenvalue weighted by Crippen LogP contribution is -2.16. The number of aryl methyl sites for hydroxylation is 2. The number of rotatable bonds is 3. The van der Waals surface area contributed by atoms with Crippen LogP contribution in [0.1, 0.15) is 11.5 Å². The highest BCUT2D eigenvalue weighted by Gasteiger charge is 2.25. The highest BCUT2D eigenvalue weighted by Crippen LogP contribution is 2.23. The van der Waals surface area contributed by atoms with Gasteiger partial charge in [0.1, 0.15) is 11.2 Å². The Morgan fingerprint density at radius 2 is 2.10 bits per heavy atom. The van der Waals surface area contributed by atoms with Gasteiger partial charge in [-0.25, -0.2) is 18.1 Å². The van der Waals surface area contributed by atoms with Crippen molar-refractivity contribution in [1.82, 2.24) is 25.1 Å². The van der Waals surface area contributed by atoms with Crippen LogP contribution in [0.15, 0.2) is 15.7 Å². The van der Waals surface area contributed by atoms with Crippen LogP contribution < -0.4 is 4.72 Å². The molecule has 0 aromatic carbocycles. The Morgan fingerprint density at radius 1 is 1.33 bits per heavy atom. The van der Waals surface area contributed by atoms with Crippen LogP contribution in [-0.4, -0.2) is 33.5 Å². The van der Waals surface area contributed by atoms with E-state index in [0.29, 0.717) is 5.52 Å². The topological polar surface area (TPSA) is 127 Å². The molecule has 0 bridgehead atoms. The number of nitrogens with one attached hydrogen (secondary N) is 2. The molecule has 0 saturated carbocycles. The van der Waals surface area contributed by atoms with Gasteiger partial charge in [0, 0.05) is 0 Å². The molecule has 9 nitrogen and oxygen atoms in total. The van der Waals surface area contributed by atoms with Crippen molar-refractivity contribution in [3.63, 3.8) is 0 Å². The van der Waals surface area contributed by atoms with E-state index in [1.807, 2.05) is 0 Å². The maximum atomic E-state index is 12.3. The van der Waals surface area contributed by atoms with Crippen molar-refractivity contribution in [2.24, 2.45) is 0 Å². The zero-order valence-corrected chi connectivity index (χ0v) is 12.4. The first-order valence-electron chi connectivity index (χ1n) is 5.71. The monoisotopic (exact) mass is 328 g/mol.